The smallest absolute Gasteiger partial charge is 0.323 e. The normalized spacial score (nSPS) is 10.8. The Morgan fingerprint density at radius 3 is 1.98 bits per heavy atom. The van der Waals surface area contributed by atoms with Gasteiger partial charge in [0.1, 0.15) is 6.54 Å². The minimum atomic E-state index is -1.13. The molecule has 9 heteroatoms. The minimum absolute atomic E-state index is 0.0714. The summed E-state index contributed by atoms with van der Waals surface area (Å²) < 4.78 is 5.54. The maximum Gasteiger partial charge on any atom is 0.323 e. The molecule has 0 saturated carbocycles. The number of benzene rings is 5. The van der Waals surface area contributed by atoms with Gasteiger partial charge >= 0.3 is 5.97 Å². The second-order valence-corrected chi connectivity index (χ2v) is 11.5. The number of nitrogens with zero attached hydrogens (tertiary/aromatic N) is 3. The van der Waals surface area contributed by atoms with Crippen molar-refractivity contribution in [2.24, 2.45) is 0 Å². The summed E-state index contributed by atoms with van der Waals surface area (Å²) in [6.07, 6.45) is 0. The lowest BCUT2D eigenvalue weighted by atomic mass is 10.0. The first-order chi connectivity index (χ1) is 23.2. The molecule has 0 bridgehead atoms. The molecule has 9 nitrogen and oxygen atoms in total. The number of aromatic nitrogens is 2. The zero-order chi connectivity index (χ0) is 33.6. The van der Waals surface area contributed by atoms with Crippen LogP contribution in [-0.2, 0) is 11.3 Å². The van der Waals surface area contributed by atoms with Crippen LogP contribution in [0.5, 0.6) is 0 Å². The lowest BCUT2D eigenvalue weighted by Crippen LogP contribution is -2.35. The van der Waals surface area contributed by atoms with Crippen molar-refractivity contribution in [1.82, 2.24) is 15.0 Å². The van der Waals surface area contributed by atoms with Crippen LogP contribution >= 0.6 is 0 Å². The quantitative estimate of drug-likeness (QED) is 0.158. The van der Waals surface area contributed by atoms with Crippen molar-refractivity contribution in [2.75, 3.05) is 11.9 Å². The molecule has 0 aliphatic heterocycles. The lowest BCUT2D eigenvalue weighted by molar-refractivity contribution is -0.137. The molecule has 2 N–H and O–H groups in total. The molecule has 0 fully saturated rings. The van der Waals surface area contributed by atoms with Crippen LogP contribution in [-0.4, -0.2) is 44.5 Å². The van der Waals surface area contributed by atoms with Crippen LogP contribution in [0.4, 0.5) is 5.69 Å². The first-order valence-electron chi connectivity index (χ1n) is 15.3. The summed E-state index contributed by atoms with van der Waals surface area (Å²) in [5, 5.41) is 16.5. The van der Waals surface area contributed by atoms with Crippen molar-refractivity contribution in [2.45, 2.75) is 20.4 Å². The second kappa shape index (κ2) is 14.0. The van der Waals surface area contributed by atoms with Gasteiger partial charge in [-0.3, -0.25) is 14.4 Å². The molecule has 2 amide bonds. The number of carboxylic acid groups (broad SMARTS) is 1. The van der Waals surface area contributed by atoms with Crippen molar-refractivity contribution < 1.29 is 24.0 Å². The summed E-state index contributed by atoms with van der Waals surface area (Å²) in [7, 11) is 0. The number of aliphatic carboxylic acids is 1. The Morgan fingerprint density at radius 1 is 0.729 bits per heavy atom. The topological polar surface area (TPSA) is 126 Å². The van der Waals surface area contributed by atoms with E-state index in [0.717, 1.165) is 27.8 Å². The van der Waals surface area contributed by atoms with Crippen LogP contribution in [0.25, 0.3) is 34.0 Å². The Kier molecular flexibility index (Phi) is 9.20. The van der Waals surface area contributed by atoms with E-state index in [1.54, 1.807) is 60.7 Å². The van der Waals surface area contributed by atoms with Crippen LogP contribution in [0.15, 0.2) is 126 Å². The number of carboxylic acids is 1. The van der Waals surface area contributed by atoms with Crippen molar-refractivity contribution in [1.29, 1.82) is 0 Å². The number of nitrogens with one attached hydrogen (secondary N) is 1. The van der Waals surface area contributed by atoms with Crippen LogP contribution in [0.2, 0.25) is 0 Å². The molecule has 48 heavy (non-hydrogen) atoms. The van der Waals surface area contributed by atoms with Crippen molar-refractivity contribution >= 4 is 23.5 Å². The number of rotatable bonds is 10. The molecule has 0 aliphatic carbocycles. The van der Waals surface area contributed by atoms with Gasteiger partial charge in [-0.25, -0.2) is 0 Å². The molecule has 238 valence electrons. The Hall–Kier alpha value is -6.35. The van der Waals surface area contributed by atoms with Gasteiger partial charge in [0.25, 0.3) is 17.7 Å². The van der Waals surface area contributed by atoms with Gasteiger partial charge in [-0.15, -0.1) is 0 Å². The summed E-state index contributed by atoms with van der Waals surface area (Å²) in [6.45, 7) is 3.50. The monoisotopic (exact) mass is 636 g/mol. The first kappa shape index (κ1) is 31.6. The van der Waals surface area contributed by atoms with E-state index in [1.165, 1.54) is 10.5 Å². The predicted octanol–water partition coefficient (Wildman–Crippen LogP) is 7.67. The van der Waals surface area contributed by atoms with Gasteiger partial charge in [0, 0.05) is 34.5 Å². The van der Waals surface area contributed by atoms with Gasteiger partial charge in [-0.1, -0.05) is 89.6 Å². The number of hydrogen-bond acceptors (Lipinski definition) is 6. The molecular weight excluding hydrogens is 604 g/mol. The summed E-state index contributed by atoms with van der Waals surface area (Å²) in [6, 6.07) is 37.1. The molecule has 1 heterocycles. The SMILES string of the molecule is Cc1ccc(-c2ccc(-c3nc(-c4ccc(CN(CC(=O)O)C(=O)c5ccc(NC(=O)c6ccccc6C)cc5)cc4)no3)cc2)cc1. The van der Waals surface area contributed by atoms with Gasteiger partial charge in [-0.2, -0.15) is 4.98 Å². The van der Waals surface area contributed by atoms with E-state index >= 15 is 0 Å². The summed E-state index contributed by atoms with van der Waals surface area (Å²) in [5.74, 6) is -1.04. The zero-order valence-electron chi connectivity index (χ0n) is 26.4. The van der Waals surface area contributed by atoms with Gasteiger partial charge in [-0.05, 0) is 78.6 Å². The highest BCUT2D eigenvalue weighted by molar-refractivity contribution is 6.05. The standard InChI is InChI=1S/C39H32N4O5/c1-25-7-11-28(12-8-25)29-15-17-31(18-16-29)38-41-36(42-48-38)30-13-9-27(10-14-30)23-43(24-35(44)45)39(47)32-19-21-33(22-20-32)40-37(46)34-6-4-3-5-26(34)2/h3-22H,23-24H2,1-2H3,(H,40,46)(H,44,45). The summed E-state index contributed by atoms with van der Waals surface area (Å²) in [5.41, 5.74) is 7.88. The molecule has 0 radical (unpaired) electrons. The maximum absolute atomic E-state index is 13.4. The molecule has 6 rings (SSSR count). The number of anilines is 1. The average molecular weight is 637 g/mol. The number of aryl methyl sites for hydroxylation is 2. The van der Waals surface area contributed by atoms with Crippen LogP contribution in [0.1, 0.15) is 37.4 Å². The Balaban J connectivity index is 1.11. The molecule has 0 atom stereocenters. The first-order valence-corrected chi connectivity index (χ1v) is 15.3. The van der Waals surface area contributed by atoms with E-state index in [-0.39, 0.29) is 12.5 Å². The molecule has 1 aromatic heterocycles. The highest BCUT2D eigenvalue weighted by atomic mass is 16.5. The van der Waals surface area contributed by atoms with Gasteiger partial charge in [0.2, 0.25) is 5.82 Å². The fourth-order valence-electron chi connectivity index (χ4n) is 5.26. The third kappa shape index (κ3) is 7.37. The van der Waals surface area contributed by atoms with Crippen LogP contribution in [0.3, 0.4) is 0 Å². The van der Waals surface area contributed by atoms with Gasteiger partial charge < -0.3 is 19.8 Å². The molecule has 0 unspecified atom stereocenters. The van der Waals surface area contributed by atoms with Crippen LogP contribution in [0, 0.1) is 13.8 Å². The van der Waals surface area contributed by atoms with Crippen molar-refractivity contribution in [3.05, 3.63) is 149 Å². The van der Waals surface area contributed by atoms with Crippen LogP contribution < -0.4 is 5.32 Å². The van der Waals surface area contributed by atoms with E-state index in [4.69, 9.17) is 4.52 Å². The van der Waals surface area contributed by atoms with Crippen molar-refractivity contribution in [3.8, 4) is 34.0 Å². The number of carbonyl (C=O) groups is 3. The van der Waals surface area contributed by atoms with E-state index in [9.17, 15) is 19.5 Å². The molecule has 0 saturated heterocycles. The third-order valence-electron chi connectivity index (χ3n) is 7.92. The molecule has 0 spiro atoms. The van der Waals surface area contributed by atoms with Crippen molar-refractivity contribution in [3.63, 3.8) is 0 Å². The molecule has 0 aliphatic rings. The predicted molar refractivity (Wildman–Crippen MR) is 183 cm³/mol. The zero-order valence-corrected chi connectivity index (χ0v) is 26.4. The molecule has 6 aromatic rings. The fourth-order valence-corrected chi connectivity index (χ4v) is 5.26. The Morgan fingerprint density at radius 2 is 1.33 bits per heavy atom. The highest BCUT2D eigenvalue weighted by Crippen LogP contribution is 2.27. The summed E-state index contributed by atoms with van der Waals surface area (Å²) in [4.78, 5) is 43.5. The number of hydrogen-bond donors (Lipinski definition) is 2. The van der Waals surface area contributed by atoms with E-state index < -0.39 is 18.4 Å². The Labute approximate surface area is 277 Å². The van der Waals surface area contributed by atoms with E-state index in [0.29, 0.717) is 34.1 Å². The summed E-state index contributed by atoms with van der Waals surface area (Å²) >= 11 is 0. The van der Waals surface area contributed by atoms with Gasteiger partial charge in [0.05, 0.1) is 0 Å². The molecule has 5 aromatic carbocycles. The minimum Gasteiger partial charge on any atom is -0.480 e. The van der Waals surface area contributed by atoms with Gasteiger partial charge in [0.15, 0.2) is 0 Å². The maximum atomic E-state index is 13.4. The average Bonchev–Trinajstić information content (AvgIpc) is 3.59. The molecular formula is C39H32N4O5. The second-order valence-electron chi connectivity index (χ2n) is 11.5. The van der Waals surface area contributed by atoms with E-state index in [2.05, 4.69) is 46.6 Å². The Bertz CT molecular complexity index is 2070. The van der Waals surface area contributed by atoms with E-state index in [1.807, 2.05) is 43.3 Å². The lowest BCUT2D eigenvalue weighted by Gasteiger charge is -2.21. The number of amides is 2. The highest BCUT2D eigenvalue weighted by Gasteiger charge is 2.20. The fraction of sp³-hybridized carbons (Fsp3) is 0.103. The number of carbonyl (C=O) groups excluding carboxylic acids is 2. The largest absolute Gasteiger partial charge is 0.480 e. The third-order valence-corrected chi connectivity index (χ3v) is 7.92.